The molecule has 3 aliphatic rings. The summed E-state index contributed by atoms with van der Waals surface area (Å²) in [4.78, 5) is 0. The summed E-state index contributed by atoms with van der Waals surface area (Å²) < 4.78 is 2.26. The van der Waals surface area contributed by atoms with Crippen LogP contribution in [0.5, 0.6) is 0 Å². The summed E-state index contributed by atoms with van der Waals surface area (Å²) in [6.07, 6.45) is 17.2. The molecule has 1 aromatic rings. The maximum Gasteiger partial charge on any atom is 0.0643 e. The lowest BCUT2D eigenvalue weighted by Crippen LogP contribution is -2.48. The van der Waals surface area contributed by atoms with Crippen LogP contribution in [0.4, 0.5) is 0 Å². The summed E-state index contributed by atoms with van der Waals surface area (Å²) in [5, 5.41) is 8.88. The molecule has 3 nitrogen and oxygen atoms in total. The van der Waals surface area contributed by atoms with Crippen molar-refractivity contribution in [2.75, 3.05) is 6.54 Å². The lowest BCUT2D eigenvalue weighted by atomic mass is 9.83. The topological polar surface area (TPSA) is 29.9 Å². The molecule has 3 fully saturated rings. The molecule has 0 aromatic carbocycles. The predicted octanol–water partition coefficient (Wildman–Crippen LogP) is 3.85. The molecule has 0 radical (unpaired) electrons. The molecule has 1 saturated heterocycles. The van der Waals surface area contributed by atoms with E-state index in [9.17, 15) is 0 Å². The number of aromatic nitrogens is 2. The number of hydrogen-bond donors (Lipinski definition) is 1. The van der Waals surface area contributed by atoms with Crippen molar-refractivity contribution in [1.29, 1.82) is 0 Å². The molecule has 1 atom stereocenters. The maximum absolute atomic E-state index is 4.95. The van der Waals surface area contributed by atoms with Crippen LogP contribution < -0.4 is 5.32 Å². The van der Waals surface area contributed by atoms with Crippen molar-refractivity contribution in [2.45, 2.75) is 82.2 Å². The van der Waals surface area contributed by atoms with E-state index in [1.165, 1.54) is 76.4 Å². The Balaban J connectivity index is 1.49. The molecule has 116 valence electrons. The number of nitrogens with one attached hydrogen (secondary N) is 1. The highest BCUT2D eigenvalue weighted by atomic mass is 15.3. The highest BCUT2D eigenvalue weighted by Gasteiger charge is 2.45. The van der Waals surface area contributed by atoms with Crippen LogP contribution in [0.3, 0.4) is 0 Å². The molecule has 0 spiro atoms. The molecule has 21 heavy (non-hydrogen) atoms. The van der Waals surface area contributed by atoms with Gasteiger partial charge in [0.05, 0.1) is 11.7 Å². The van der Waals surface area contributed by atoms with E-state index in [-0.39, 0.29) is 0 Å². The van der Waals surface area contributed by atoms with Gasteiger partial charge in [-0.25, -0.2) is 0 Å². The first-order valence-corrected chi connectivity index (χ1v) is 9.15. The van der Waals surface area contributed by atoms with Crippen molar-refractivity contribution in [1.82, 2.24) is 15.1 Å². The molecule has 1 aromatic heterocycles. The minimum absolute atomic E-state index is 0.366. The van der Waals surface area contributed by atoms with Gasteiger partial charge >= 0.3 is 0 Å². The van der Waals surface area contributed by atoms with E-state index in [2.05, 4.69) is 22.3 Å². The Morgan fingerprint density at radius 2 is 1.95 bits per heavy atom. The second-order valence-electron chi connectivity index (χ2n) is 7.57. The number of nitrogens with zero attached hydrogens (tertiary/aromatic N) is 2. The zero-order valence-electron chi connectivity index (χ0n) is 13.2. The first-order valence-electron chi connectivity index (χ1n) is 9.15. The fourth-order valence-corrected chi connectivity index (χ4v) is 4.61. The van der Waals surface area contributed by atoms with E-state index in [4.69, 9.17) is 5.10 Å². The van der Waals surface area contributed by atoms with Crippen molar-refractivity contribution in [3.63, 3.8) is 0 Å². The summed E-state index contributed by atoms with van der Waals surface area (Å²) >= 11 is 0. The van der Waals surface area contributed by atoms with E-state index in [0.29, 0.717) is 11.6 Å². The summed E-state index contributed by atoms with van der Waals surface area (Å²) in [7, 11) is 0. The Labute approximate surface area is 128 Å². The SMILES string of the molecule is c1cn(C2CCCC2)nc1CC1(C2CC2)CCCCCN1. The van der Waals surface area contributed by atoms with Gasteiger partial charge in [-0.15, -0.1) is 0 Å². The third-order valence-electron chi connectivity index (χ3n) is 5.99. The third kappa shape index (κ3) is 2.90. The van der Waals surface area contributed by atoms with E-state index in [1.54, 1.807) is 0 Å². The summed E-state index contributed by atoms with van der Waals surface area (Å²) in [6, 6.07) is 2.97. The zero-order valence-corrected chi connectivity index (χ0v) is 13.2. The van der Waals surface area contributed by atoms with Gasteiger partial charge in [-0.3, -0.25) is 4.68 Å². The average Bonchev–Trinajstić information content (AvgIpc) is 3.10. The first-order chi connectivity index (χ1) is 10.4. The van der Waals surface area contributed by atoms with Gasteiger partial charge in [0.25, 0.3) is 0 Å². The normalized spacial score (nSPS) is 31.4. The molecule has 1 N–H and O–H groups in total. The zero-order chi connectivity index (χ0) is 14.1. The Hall–Kier alpha value is -0.830. The average molecular weight is 287 g/mol. The van der Waals surface area contributed by atoms with Crippen molar-refractivity contribution < 1.29 is 0 Å². The van der Waals surface area contributed by atoms with Crippen molar-refractivity contribution in [3.8, 4) is 0 Å². The van der Waals surface area contributed by atoms with Crippen LogP contribution in [0.2, 0.25) is 0 Å². The van der Waals surface area contributed by atoms with E-state index >= 15 is 0 Å². The van der Waals surface area contributed by atoms with Crippen molar-refractivity contribution >= 4 is 0 Å². The first kappa shape index (κ1) is 13.8. The monoisotopic (exact) mass is 287 g/mol. The lowest BCUT2D eigenvalue weighted by molar-refractivity contribution is 0.267. The van der Waals surface area contributed by atoms with Crippen LogP contribution in [0.1, 0.15) is 75.9 Å². The van der Waals surface area contributed by atoms with Gasteiger partial charge in [-0.05, 0) is 57.1 Å². The smallest absolute Gasteiger partial charge is 0.0643 e. The molecule has 2 aliphatic carbocycles. The Morgan fingerprint density at radius 1 is 1.10 bits per heavy atom. The van der Waals surface area contributed by atoms with Gasteiger partial charge in [0.15, 0.2) is 0 Å². The summed E-state index contributed by atoms with van der Waals surface area (Å²) in [5.41, 5.74) is 1.69. The highest BCUT2D eigenvalue weighted by Crippen LogP contribution is 2.45. The molecule has 2 heterocycles. The highest BCUT2D eigenvalue weighted by molar-refractivity contribution is 5.12. The quantitative estimate of drug-likeness (QED) is 0.911. The second-order valence-corrected chi connectivity index (χ2v) is 7.57. The van der Waals surface area contributed by atoms with Gasteiger partial charge < -0.3 is 5.32 Å². The van der Waals surface area contributed by atoms with Crippen LogP contribution in [0, 0.1) is 5.92 Å². The largest absolute Gasteiger partial charge is 0.311 e. The molecule has 3 heteroatoms. The summed E-state index contributed by atoms with van der Waals surface area (Å²) in [5.74, 6) is 0.909. The predicted molar refractivity (Wildman–Crippen MR) is 85.4 cm³/mol. The van der Waals surface area contributed by atoms with Gasteiger partial charge in [0.2, 0.25) is 0 Å². The van der Waals surface area contributed by atoms with Crippen LogP contribution in [0.25, 0.3) is 0 Å². The van der Waals surface area contributed by atoms with Crippen LogP contribution in [-0.2, 0) is 6.42 Å². The number of rotatable bonds is 4. The maximum atomic E-state index is 4.95. The van der Waals surface area contributed by atoms with E-state index in [0.717, 1.165) is 12.3 Å². The molecule has 2 saturated carbocycles. The third-order valence-corrected chi connectivity index (χ3v) is 5.99. The minimum Gasteiger partial charge on any atom is -0.311 e. The molecular formula is C18H29N3. The fraction of sp³-hybridized carbons (Fsp3) is 0.833. The van der Waals surface area contributed by atoms with E-state index < -0.39 is 0 Å². The molecule has 0 amide bonds. The Morgan fingerprint density at radius 3 is 2.76 bits per heavy atom. The summed E-state index contributed by atoms with van der Waals surface area (Å²) in [6.45, 7) is 1.21. The second kappa shape index (κ2) is 5.75. The van der Waals surface area contributed by atoms with Gasteiger partial charge in [-0.1, -0.05) is 25.7 Å². The molecular weight excluding hydrogens is 258 g/mol. The Kier molecular flexibility index (Phi) is 3.78. The lowest BCUT2D eigenvalue weighted by Gasteiger charge is -2.34. The van der Waals surface area contributed by atoms with Crippen LogP contribution in [0.15, 0.2) is 12.3 Å². The standard InChI is InChI=1S/C18H29N3/c1-4-11-18(15-8-9-15,19-12-5-1)14-16-10-13-21(20-16)17-6-2-3-7-17/h10,13,15,17,19H,1-9,11-12,14H2. The Bertz CT molecular complexity index is 461. The van der Waals surface area contributed by atoms with Gasteiger partial charge in [0.1, 0.15) is 0 Å². The minimum atomic E-state index is 0.366. The van der Waals surface area contributed by atoms with Gasteiger partial charge in [-0.2, -0.15) is 5.10 Å². The molecule has 1 unspecified atom stereocenters. The molecule has 1 aliphatic heterocycles. The van der Waals surface area contributed by atoms with E-state index in [1.807, 2.05) is 0 Å². The van der Waals surface area contributed by atoms with Crippen LogP contribution in [-0.4, -0.2) is 21.9 Å². The van der Waals surface area contributed by atoms with Crippen LogP contribution >= 0.6 is 0 Å². The van der Waals surface area contributed by atoms with Crippen molar-refractivity contribution in [2.24, 2.45) is 5.92 Å². The fourth-order valence-electron chi connectivity index (χ4n) is 4.61. The van der Waals surface area contributed by atoms with Gasteiger partial charge in [0, 0.05) is 18.2 Å². The molecule has 4 rings (SSSR count). The number of hydrogen-bond acceptors (Lipinski definition) is 2. The van der Waals surface area contributed by atoms with Crippen molar-refractivity contribution in [3.05, 3.63) is 18.0 Å². The molecule has 0 bridgehead atoms.